The zero-order valence-electron chi connectivity index (χ0n) is 16.7. The minimum Gasteiger partial charge on any atom is -0.326 e. The third kappa shape index (κ3) is 3.24. The number of carbonyl (C=O) groups excluding carboxylic acids is 1. The van der Waals surface area contributed by atoms with Crippen LogP contribution in [-0.4, -0.2) is 20.5 Å². The standard InChI is InChI=1S/C23H24N4O/c1-14-9-10-15(2)21(13-14)25-22(28)12-11-18-16(3)24-23-19-7-5-6-8-20(19)26-27(23)17(18)4/h5-10,13H,11-12H2,1-4H3,(H,25,28). The van der Waals surface area contributed by atoms with Gasteiger partial charge in [-0.3, -0.25) is 4.79 Å². The molecule has 2 aromatic heterocycles. The lowest BCUT2D eigenvalue weighted by atomic mass is 10.1. The van der Waals surface area contributed by atoms with Crippen LogP contribution in [0.4, 0.5) is 5.69 Å². The first kappa shape index (κ1) is 18.2. The molecule has 0 radical (unpaired) electrons. The molecule has 1 amide bonds. The lowest BCUT2D eigenvalue weighted by Crippen LogP contribution is -2.15. The van der Waals surface area contributed by atoms with Crippen molar-refractivity contribution < 1.29 is 4.79 Å². The van der Waals surface area contributed by atoms with Gasteiger partial charge in [-0.2, -0.15) is 5.10 Å². The summed E-state index contributed by atoms with van der Waals surface area (Å²) in [5.74, 6) is 0.0122. The van der Waals surface area contributed by atoms with Crippen LogP contribution < -0.4 is 5.32 Å². The van der Waals surface area contributed by atoms with Gasteiger partial charge in [0.05, 0.1) is 5.52 Å². The molecule has 0 aliphatic rings. The summed E-state index contributed by atoms with van der Waals surface area (Å²) in [7, 11) is 0. The van der Waals surface area contributed by atoms with E-state index >= 15 is 0 Å². The van der Waals surface area contributed by atoms with E-state index in [1.165, 1.54) is 0 Å². The second-order valence-electron chi connectivity index (χ2n) is 7.38. The van der Waals surface area contributed by atoms with Crippen LogP contribution in [0.25, 0.3) is 16.6 Å². The predicted octanol–water partition coefficient (Wildman–Crippen LogP) is 4.69. The molecule has 28 heavy (non-hydrogen) atoms. The molecule has 2 aromatic carbocycles. The molecule has 142 valence electrons. The van der Waals surface area contributed by atoms with Crippen LogP contribution in [0.5, 0.6) is 0 Å². The summed E-state index contributed by atoms with van der Waals surface area (Å²) in [6.07, 6.45) is 1.04. The molecule has 0 aliphatic carbocycles. The number of rotatable bonds is 4. The van der Waals surface area contributed by atoms with Crippen LogP contribution >= 0.6 is 0 Å². The SMILES string of the molecule is Cc1ccc(C)c(NC(=O)CCc2c(C)nc3c4ccccc4nn3c2C)c1. The number of aryl methyl sites for hydroxylation is 4. The number of aromatic nitrogens is 3. The molecule has 0 bridgehead atoms. The molecule has 4 aromatic rings. The van der Waals surface area contributed by atoms with Crippen molar-refractivity contribution in [1.82, 2.24) is 14.6 Å². The zero-order chi connectivity index (χ0) is 19.8. The Hall–Kier alpha value is -3.21. The molecule has 0 atom stereocenters. The lowest BCUT2D eigenvalue weighted by molar-refractivity contribution is -0.116. The van der Waals surface area contributed by atoms with Gasteiger partial charge in [0.25, 0.3) is 0 Å². The summed E-state index contributed by atoms with van der Waals surface area (Å²) in [6, 6.07) is 14.1. The molecule has 1 N–H and O–H groups in total. The Balaban J connectivity index is 1.58. The van der Waals surface area contributed by atoms with Gasteiger partial charge in [-0.05, 0) is 69.0 Å². The predicted molar refractivity (Wildman–Crippen MR) is 113 cm³/mol. The van der Waals surface area contributed by atoms with Gasteiger partial charge in [0, 0.05) is 28.9 Å². The van der Waals surface area contributed by atoms with Gasteiger partial charge >= 0.3 is 0 Å². The largest absolute Gasteiger partial charge is 0.326 e. The third-order valence-corrected chi connectivity index (χ3v) is 5.29. The molecule has 0 saturated heterocycles. The van der Waals surface area contributed by atoms with Gasteiger partial charge in [0.1, 0.15) is 0 Å². The van der Waals surface area contributed by atoms with Crippen molar-refractivity contribution in [2.75, 3.05) is 5.32 Å². The van der Waals surface area contributed by atoms with E-state index in [0.717, 1.165) is 50.3 Å². The van der Waals surface area contributed by atoms with Crippen LogP contribution in [0.1, 0.15) is 34.5 Å². The number of benzene rings is 2. The molecule has 0 fully saturated rings. The normalized spacial score (nSPS) is 11.3. The van der Waals surface area contributed by atoms with Crippen LogP contribution in [0, 0.1) is 27.7 Å². The number of nitrogens with one attached hydrogen (secondary N) is 1. The highest BCUT2D eigenvalue weighted by Crippen LogP contribution is 2.23. The Morgan fingerprint density at radius 1 is 1.07 bits per heavy atom. The van der Waals surface area contributed by atoms with E-state index in [9.17, 15) is 4.79 Å². The first-order valence-corrected chi connectivity index (χ1v) is 9.54. The Kier molecular flexibility index (Phi) is 4.59. The molecule has 5 heteroatoms. The number of anilines is 1. The second-order valence-corrected chi connectivity index (χ2v) is 7.38. The Morgan fingerprint density at radius 2 is 1.86 bits per heavy atom. The first-order chi connectivity index (χ1) is 13.4. The van der Waals surface area contributed by atoms with Crippen molar-refractivity contribution in [2.45, 2.75) is 40.5 Å². The van der Waals surface area contributed by atoms with Crippen LogP contribution in [0.2, 0.25) is 0 Å². The van der Waals surface area contributed by atoms with E-state index in [1.54, 1.807) is 0 Å². The maximum Gasteiger partial charge on any atom is 0.224 e. The van der Waals surface area contributed by atoms with Crippen LogP contribution in [0.3, 0.4) is 0 Å². The average Bonchev–Trinajstić information content (AvgIpc) is 3.03. The summed E-state index contributed by atoms with van der Waals surface area (Å²) in [5, 5.41) is 8.77. The fourth-order valence-electron chi connectivity index (χ4n) is 3.66. The van der Waals surface area contributed by atoms with Gasteiger partial charge in [0.15, 0.2) is 5.65 Å². The minimum atomic E-state index is 0.0122. The highest BCUT2D eigenvalue weighted by atomic mass is 16.1. The van der Waals surface area contributed by atoms with Crippen molar-refractivity contribution in [3.05, 3.63) is 70.5 Å². The third-order valence-electron chi connectivity index (χ3n) is 5.29. The van der Waals surface area contributed by atoms with Gasteiger partial charge < -0.3 is 5.32 Å². The Bertz CT molecular complexity index is 1210. The van der Waals surface area contributed by atoms with Crippen LogP contribution in [0.15, 0.2) is 42.5 Å². The van der Waals surface area contributed by atoms with Crippen molar-refractivity contribution >= 4 is 28.1 Å². The summed E-state index contributed by atoms with van der Waals surface area (Å²) >= 11 is 0. The van der Waals surface area contributed by atoms with E-state index in [-0.39, 0.29) is 5.91 Å². The lowest BCUT2D eigenvalue weighted by Gasteiger charge is -2.12. The minimum absolute atomic E-state index is 0.0122. The smallest absolute Gasteiger partial charge is 0.224 e. The topological polar surface area (TPSA) is 59.3 Å². The average molecular weight is 372 g/mol. The van der Waals surface area contributed by atoms with Crippen molar-refractivity contribution in [2.24, 2.45) is 0 Å². The number of carbonyl (C=O) groups is 1. The Labute approximate surface area is 164 Å². The number of hydrogen-bond acceptors (Lipinski definition) is 3. The van der Waals surface area contributed by atoms with Crippen molar-refractivity contribution in [3.63, 3.8) is 0 Å². The van der Waals surface area contributed by atoms with Gasteiger partial charge in [-0.15, -0.1) is 0 Å². The van der Waals surface area contributed by atoms with Crippen molar-refractivity contribution in [3.8, 4) is 0 Å². The van der Waals surface area contributed by atoms with Crippen molar-refractivity contribution in [1.29, 1.82) is 0 Å². The quantitative estimate of drug-likeness (QED) is 0.565. The molecule has 0 saturated carbocycles. The first-order valence-electron chi connectivity index (χ1n) is 9.54. The molecule has 0 aliphatic heterocycles. The van der Waals surface area contributed by atoms with E-state index < -0.39 is 0 Å². The Morgan fingerprint density at radius 3 is 2.68 bits per heavy atom. The summed E-state index contributed by atoms with van der Waals surface area (Å²) < 4.78 is 1.90. The highest BCUT2D eigenvalue weighted by Gasteiger charge is 2.15. The van der Waals surface area contributed by atoms with E-state index in [4.69, 9.17) is 4.98 Å². The second kappa shape index (κ2) is 7.08. The molecular weight excluding hydrogens is 348 g/mol. The summed E-state index contributed by atoms with van der Waals surface area (Å²) in [5.41, 5.74) is 7.96. The van der Waals surface area contributed by atoms with Gasteiger partial charge in [0.2, 0.25) is 5.91 Å². The van der Waals surface area contributed by atoms with Crippen LogP contribution in [-0.2, 0) is 11.2 Å². The molecule has 4 rings (SSSR count). The fraction of sp³-hybridized carbons (Fsp3) is 0.261. The monoisotopic (exact) mass is 372 g/mol. The molecular formula is C23H24N4O. The zero-order valence-corrected chi connectivity index (χ0v) is 16.7. The van der Waals surface area contributed by atoms with E-state index in [0.29, 0.717) is 12.8 Å². The number of fused-ring (bicyclic) bond motifs is 3. The van der Waals surface area contributed by atoms with E-state index in [1.807, 2.05) is 74.7 Å². The highest BCUT2D eigenvalue weighted by molar-refractivity contribution is 5.93. The van der Waals surface area contributed by atoms with Gasteiger partial charge in [-0.1, -0.05) is 24.3 Å². The molecule has 0 spiro atoms. The number of amides is 1. The summed E-state index contributed by atoms with van der Waals surface area (Å²) in [4.78, 5) is 17.3. The maximum atomic E-state index is 12.5. The fourth-order valence-corrected chi connectivity index (χ4v) is 3.66. The molecule has 0 unspecified atom stereocenters. The number of hydrogen-bond donors (Lipinski definition) is 1. The van der Waals surface area contributed by atoms with E-state index in [2.05, 4.69) is 10.4 Å². The molecule has 5 nitrogen and oxygen atoms in total. The molecule has 2 heterocycles. The number of nitrogens with zero attached hydrogens (tertiary/aromatic N) is 3. The maximum absolute atomic E-state index is 12.5. The summed E-state index contributed by atoms with van der Waals surface area (Å²) in [6.45, 7) is 8.08. The van der Waals surface area contributed by atoms with Gasteiger partial charge in [-0.25, -0.2) is 9.50 Å².